The zero-order chi connectivity index (χ0) is 18.8. The molecule has 134 valence electrons. The lowest BCUT2D eigenvalue weighted by Crippen LogP contribution is -2.28. The Hall–Kier alpha value is -2.74. The van der Waals surface area contributed by atoms with Crippen molar-refractivity contribution in [1.82, 2.24) is 0 Å². The third kappa shape index (κ3) is 3.75. The van der Waals surface area contributed by atoms with Crippen LogP contribution in [0.4, 0.5) is 17.1 Å². The summed E-state index contributed by atoms with van der Waals surface area (Å²) in [5.41, 5.74) is 1.55. The zero-order valence-electron chi connectivity index (χ0n) is 13.9. The van der Waals surface area contributed by atoms with Gasteiger partial charge in [0.15, 0.2) is 0 Å². The average Bonchev–Trinajstić information content (AvgIpc) is 2.99. The van der Waals surface area contributed by atoms with Crippen molar-refractivity contribution in [2.75, 3.05) is 16.8 Å². The Bertz CT molecular complexity index is 883. The van der Waals surface area contributed by atoms with Gasteiger partial charge in [-0.2, -0.15) is 0 Å². The molecule has 26 heavy (non-hydrogen) atoms. The number of nitro benzene ring substituents is 1. The molecule has 1 fully saturated rings. The second kappa shape index (κ2) is 7.25. The number of aryl methyl sites for hydroxylation is 1. The minimum Gasteiger partial charge on any atom is -0.326 e. The molecule has 0 spiro atoms. The Kier molecular flexibility index (Phi) is 5.03. The van der Waals surface area contributed by atoms with Crippen LogP contribution in [0.3, 0.4) is 0 Å². The number of carbonyl (C=O) groups excluding carboxylic acids is 2. The van der Waals surface area contributed by atoms with Gasteiger partial charge in [0, 0.05) is 40.4 Å². The lowest BCUT2D eigenvalue weighted by molar-refractivity contribution is -0.385. The number of nitrogens with one attached hydrogen (secondary N) is 1. The van der Waals surface area contributed by atoms with Crippen molar-refractivity contribution in [2.45, 2.75) is 13.3 Å². The van der Waals surface area contributed by atoms with E-state index in [0.717, 1.165) is 10.2 Å². The van der Waals surface area contributed by atoms with Gasteiger partial charge in [-0.1, -0.05) is 22.0 Å². The molecule has 0 saturated carbocycles. The van der Waals surface area contributed by atoms with E-state index in [2.05, 4.69) is 21.2 Å². The molecule has 1 saturated heterocycles. The van der Waals surface area contributed by atoms with Gasteiger partial charge in [-0.05, 0) is 37.3 Å². The van der Waals surface area contributed by atoms with Gasteiger partial charge < -0.3 is 10.2 Å². The van der Waals surface area contributed by atoms with E-state index in [4.69, 9.17) is 0 Å². The molecule has 8 heteroatoms. The van der Waals surface area contributed by atoms with E-state index in [0.29, 0.717) is 11.3 Å². The van der Waals surface area contributed by atoms with Gasteiger partial charge in [-0.3, -0.25) is 19.7 Å². The molecule has 1 heterocycles. The minimum absolute atomic E-state index is 0.0539. The summed E-state index contributed by atoms with van der Waals surface area (Å²) < 4.78 is 0.906. The summed E-state index contributed by atoms with van der Waals surface area (Å²) in [6, 6.07) is 11.8. The van der Waals surface area contributed by atoms with Gasteiger partial charge in [-0.25, -0.2) is 0 Å². The van der Waals surface area contributed by atoms with E-state index in [1.165, 1.54) is 6.07 Å². The van der Waals surface area contributed by atoms with Gasteiger partial charge >= 0.3 is 0 Å². The summed E-state index contributed by atoms with van der Waals surface area (Å²) in [5, 5.41) is 13.7. The Balaban J connectivity index is 1.71. The fraction of sp³-hybridized carbons (Fsp3) is 0.222. The predicted octanol–water partition coefficient (Wildman–Crippen LogP) is 3.66. The molecule has 2 amide bonds. The number of nitro groups is 1. The smallest absolute Gasteiger partial charge is 0.274 e. The van der Waals surface area contributed by atoms with Crippen molar-refractivity contribution in [1.29, 1.82) is 0 Å². The molecule has 7 nitrogen and oxygen atoms in total. The molecule has 0 bridgehead atoms. The maximum absolute atomic E-state index is 12.5. The van der Waals surface area contributed by atoms with Gasteiger partial charge in [0.1, 0.15) is 0 Å². The van der Waals surface area contributed by atoms with Gasteiger partial charge in [0.25, 0.3) is 5.69 Å². The molecular weight excluding hydrogens is 402 g/mol. The summed E-state index contributed by atoms with van der Waals surface area (Å²) in [7, 11) is 0. The number of carbonyl (C=O) groups is 2. The van der Waals surface area contributed by atoms with E-state index in [1.807, 2.05) is 24.3 Å². The highest BCUT2D eigenvalue weighted by molar-refractivity contribution is 9.10. The number of nitrogens with zero attached hydrogens (tertiary/aromatic N) is 2. The monoisotopic (exact) mass is 417 g/mol. The lowest BCUT2D eigenvalue weighted by atomic mass is 10.1. The first-order valence-electron chi connectivity index (χ1n) is 7.97. The molecule has 0 aliphatic carbocycles. The fourth-order valence-electron chi connectivity index (χ4n) is 2.88. The molecule has 2 aromatic carbocycles. The standard InChI is InChI=1S/C18H16BrN3O4/c1-11-2-5-14(9-16(11)22(25)26)20-18(24)12-8-17(23)21(10-12)15-6-3-13(19)4-7-15/h2-7,9,12H,8,10H2,1H3,(H,20,24). The van der Waals surface area contributed by atoms with Crippen LogP contribution in [0, 0.1) is 23.0 Å². The normalized spacial score (nSPS) is 16.6. The van der Waals surface area contributed by atoms with Gasteiger partial charge in [0.2, 0.25) is 11.8 Å². The molecule has 3 rings (SSSR count). The number of amides is 2. The van der Waals surface area contributed by atoms with Crippen molar-refractivity contribution in [3.8, 4) is 0 Å². The van der Waals surface area contributed by atoms with Crippen LogP contribution in [0.25, 0.3) is 0 Å². The Morgan fingerprint density at radius 2 is 1.96 bits per heavy atom. The molecule has 1 aliphatic heterocycles. The van der Waals surface area contributed by atoms with Crippen LogP contribution < -0.4 is 10.2 Å². The first-order valence-corrected chi connectivity index (χ1v) is 8.76. The Morgan fingerprint density at radius 3 is 2.62 bits per heavy atom. The topological polar surface area (TPSA) is 92.6 Å². The summed E-state index contributed by atoms with van der Waals surface area (Å²) in [6.45, 7) is 1.91. The SMILES string of the molecule is Cc1ccc(NC(=O)C2CC(=O)N(c3ccc(Br)cc3)C2)cc1[N+](=O)[O-]. The summed E-state index contributed by atoms with van der Waals surface area (Å²) >= 11 is 3.35. The van der Waals surface area contributed by atoms with Crippen LogP contribution in [0.2, 0.25) is 0 Å². The third-order valence-corrected chi connectivity index (χ3v) is 4.84. The van der Waals surface area contributed by atoms with E-state index >= 15 is 0 Å². The van der Waals surface area contributed by atoms with Gasteiger partial charge in [-0.15, -0.1) is 0 Å². The zero-order valence-corrected chi connectivity index (χ0v) is 15.5. The average molecular weight is 418 g/mol. The minimum atomic E-state index is -0.508. The van der Waals surface area contributed by atoms with Crippen molar-refractivity contribution < 1.29 is 14.5 Å². The molecule has 1 N–H and O–H groups in total. The first-order chi connectivity index (χ1) is 12.3. The molecule has 0 radical (unpaired) electrons. The largest absolute Gasteiger partial charge is 0.326 e. The van der Waals surface area contributed by atoms with Gasteiger partial charge in [0.05, 0.1) is 10.8 Å². The quantitative estimate of drug-likeness (QED) is 0.606. The summed E-state index contributed by atoms with van der Waals surface area (Å²) in [4.78, 5) is 36.9. The lowest BCUT2D eigenvalue weighted by Gasteiger charge is -2.16. The van der Waals surface area contributed by atoms with E-state index in [9.17, 15) is 19.7 Å². The van der Waals surface area contributed by atoms with Crippen LogP contribution in [-0.2, 0) is 9.59 Å². The number of halogens is 1. The van der Waals surface area contributed by atoms with Crippen LogP contribution in [0.5, 0.6) is 0 Å². The van der Waals surface area contributed by atoms with Crippen molar-refractivity contribution in [2.24, 2.45) is 5.92 Å². The number of hydrogen-bond acceptors (Lipinski definition) is 4. The van der Waals surface area contributed by atoms with E-state index in [-0.39, 0.29) is 30.5 Å². The summed E-state index contributed by atoms with van der Waals surface area (Å²) in [6.07, 6.45) is 0.107. The fourth-order valence-corrected chi connectivity index (χ4v) is 3.15. The molecule has 2 aromatic rings. The third-order valence-electron chi connectivity index (χ3n) is 4.31. The van der Waals surface area contributed by atoms with Crippen LogP contribution >= 0.6 is 15.9 Å². The summed E-state index contributed by atoms with van der Waals surface area (Å²) in [5.74, 6) is -0.954. The second-order valence-corrected chi connectivity index (χ2v) is 7.05. The predicted molar refractivity (Wildman–Crippen MR) is 101 cm³/mol. The van der Waals surface area contributed by atoms with Crippen LogP contribution in [0.15, 0.2) is 46.9 Å². The molecule has 1 unspecified atom stereocenters. The second-order valence-electron chi connectivity index (χ2n) is 6.13. The number of anilines is 2. The molecular formula is C18H16BrN3O4. The first kappa shape index (κ1) is 18.1. The Labute approximate surface area is 158 Å². The Morgan fingerprint density at radius 1 is 1.27 bits per heavy atom. The maximum atomic E-state index is 12.5. The molecule has 0 aromatic heterocycles. The number of hydrogen-bond donors (Lipinski definition) is 1. The van der Waals surface area contributed by atoms with Crippen molar-refractivity contribution in [3.63, 3.8) is 0 Å². The van der Waals surface area contributed by atoms with E-state index < -0.39 is 10.8 Å². The number of rotatable bonds is 4. The van der Waals surface area contributed by atoms with Crippen molar-refractivity contribution in [3.05, 3.63) is 62.6 Å². The highest BCUT2D eigenvalue weighted by Crippen LogP contribution is 2.28. The van der Waals surface area contributed by atoms with E-state index in [1.54, 1.807) is 24.0 Å². The van der Waals surface area contributed by atoms with Crippen LogP contribution in [0.1, 0.15) is 12.0 Å². The molecule has 1 aliphatic rings. The highest BCUT2D eigenvalue weighted by Gasteiger charge is 2.35. The maximum Gasteiger partial charge on any atom is 0.274 e. The van der Waals surface area contributed by atoms with Crippen LogP contribution in [-0.4, -0.2) is 23.3 Å². The highest BCUT2D eigenvalue weighted by atomic mass is 79.9. The van der Waals surface area contributed by atoms with Crippen molar-refractivity contribution >= 4 is 44.8 Å². The molecule has 1 atom stereocenters. The number of benzene rings is 2.